The molecule has 0 unspecified atom stereocenters. The SMILES string of the molecule is Cc1ccsc1/C=C/C(=O)O[C@@H](C)C(=O)Nc1c(C)nn(C)c1C. The van der Waals surface area contributed by atoms with Crippen molar-refractivity contribution in [2.75, 3.05) is 5.32 Å². The Morgan fingerprint density at radius 1 is 1.38 bits per heavy atom. The van der Waals surface area contributed by atoms with Gasteiger partial charge in [0.25, 0.3) is 5.91 Å². The number of carbonyl (C=O) groups is 2. The molecule has 0 saturated carbocycles. The summed E-state index contributed by atoms with van der Waals surface area (Å²) in [5.74, 6) is -0.937. The van der Waals surface area contributed by atoms with Crippen LogP contribution >= 0.6 is 11.3 Å². The van der Waals surface area contributed by atoms with E-state index < -0.39 is 12.1 Å². The number of nitrogens with one attached hydrogen (secondary N) is 1. The molecule has 2 rings (SSSR count). The number of aryl methyl sites for hydroxylation is 3. The Kier molecular flexibility index (Phi) is 5.56. The highest BCUT2D eigenvalue weighted by Crippen LogP contribution is 2.19. The van der Waals surface area contributed by atoms with Crippen LogP contribution in [0.3, 0.4) is 0 Å². The van der Waals surface area contributed by atoms with E-state index in [1.807, 2.05) is 32.2 Å². The number of hydrogen-bond acceptors (Lipinski definition) is 5. The van der Waals surface area contributed by atoms with E-state index in [2.05, 4.69) is 10.4 Å². The van der Waals surface area contributed by atoms with Gasteiger partial charge in [0.2, 0.25) is 0 Å². The summed E-state index contributed by atoms with van der Waals surface area (Å²) in [7, 11) is 1.80. The molecular formula is C17H21N3O3S. The molecule has 0 aliphatic heterocycles. The zero-order chi connectivity index (χ0) is 17.9. The van der Waals surface area contributed by atoms with Crippen LogP contribution in [0, 0.1) is 20.8 Å². The molecule has 24 heavy (non-hydrogen) atoms. The zero-order valence-electron chi connectivity index (χ0n) is 14.4. The Morgan fingerprint density at radius 3 is 2.62 bits per heavy atom. The summed E-state index contributed by atoms with van der Waals surface area (Å²) in [6, 6.07) is 1.98. The van der Waals surface area contributed by atoms with Gasteiger partial charge in [0.05, 0.1) is 17.1 Å². The Balaban J connectivity index is 1.95. The monoisotopic (exact) mass is 347 g/mol. The lowest BCUT2D eigenvalue weighted by molar-refractivity contribution is -0.148. The average molecular weight is 347 g/mol. The van der Waals surface area contributed by atoms with Gasteiger partial charge in [0.1, 0.15) is 0 Å². The molecule has 1 atom stereocenters. The van der Waals surface area contributed by atoms with Gasteiger partial charge in [0.15, 0.2) is 6.10 Å². The van der Waals surface area contributed by atoms with E-state index in [9.17, 15) is 9.59 Å². The topological polar surface area (TPSA) is 73.2 Å². The minimum atomic E-state index is -0.898. The van der Waals surface area contributed by atoms with Crippen LogP contribution in [0.15, 0.2) is 17.5 Å². The molecule has 128 valence electrons. The fourth-order valence-corrected chi connectivity index (χ4v) is 2.96. The van der Waals surface area contributed by atoms with Crippen LogP contribution in [-0.4, -0.2) is 27.8 Å². The van der Waals surface area contributed by atoms with Gasteiger partial charge in [-0.3, -0.25) is 9.48 Å². The highest BCUT2D eigenvalue weighted by Gasteiger charge is 2.20. The van der Waals surface area contributed by atoms with Crippen molar-refractivity contribution in [1.82, 2.24) is 9.78 Å². The number of thiophene rings is 1. The number of esters is 1. The maximum atomic E-state index is 12.2. The fraction of sp³-hybridized carbons (Fsp3) is 0.353. The number of hydrogen-bond donors (Lipinski definition) is 1. The summed E-state index contributed by atoms with van der Waals surface area (Å²) in [5, 5.41) is 8.95. The van der Waals surface area contributed by atoms with Gasteiger partial charge < -0.3 is 10.1 Å². The first-order chi connectivity index (χ1) is 11.3. The van der Waals surface area contributed by atoms with Crippen LogP contribution in [0.1, 0.15) is 28.8 Å². The summed E-state index contributed by atoms with van der Waals surface area (Å²) in [5.41, 5.74) is 3.30. The minimum Gasteiger partial charge on any atom is -0.449 e. The molecule has 6 nitrogen and oxygen atoms in total. The molecule has 1 amide bonds. The maximum Gasteiger partial charge on any atom is 0.331 e. The number of aromatic nitrogens is 2. The number of anilines is 1. The van der Waals surface area contributed by atoms with E-state index in [1.54, 1.807) is 36.1 Å². The lowest BCUT2D eigenvalue weighted by Gasteiger charge is -2.12. The summed E-state index contributed by atoms with van der Waals surface area (Å²) in [4.78, 5) is 25.0. The molecule has 7 heteroatoms. The smallest absolute Gasteiger partial charge is 0.331 e. The predicted octanol–water partition coefficient (Wildman–Crippen LogP) is 2.99. The Hall–Kier alpha value is -2.41. The summed E-state index contributed by atoms with van der Waals surface area (Å²) in [6.07, 6.45) is 2.14. The van der Waals surface area contributed by atoms with Gasteiger partial charge >= 0.3 is 5.97 Å². The van der Waals surface area contributed by atoms with Crippen LogP contribution in [-0.2, 0) is 21.4 Å². The summed E-state index contributed by atoms with van der Waals surface area (Å²) < 4.78 is 6.84. The van der Waals surface area contributed by atoms with Crippen molar-refractivity contribution in [1.29, 1.82) is 0 Å². The van der Waals surface area contributed by atoms with Crippen molar-refractivity contribution in [2.45, 2.75) is 33.8 Å². The highest BCUT2D eigenvalue weighted by molar-refractivity contribution is 7.11. The molecule has 0 aromatic carbocycles. The second-order valence-corrected chi connectivity index (χ2v) is 6.49. The van der Waals surface area contributed by atoms with Crippen molar-refractivity contribution >= 4 is 35.0 Å². The molecule has 0 radical (unpaired) electrons. The number of ether oxygens (including phenoxy) is 1. The first-order valence-corrected chi connectivity index (χ1v) is 8.41. The molecule has 0 fully saturated rings. The first kappa shape index (κ1) is 17.9. The third-order valence-corrected chi connectivity index (χ3v) is 4.68. The molecular weight excluding hydrogens is 326 g/mol. The van der Waals surface area contributed by atoms with Crippen LogP contribution in [0.25, 0.3) is 6.08 Å². The normalized spacial score (nSPS) is 12.4. The summed E-state index contributed by atoms with van der Waals surface area (Å²) in [6.45, 7) is 7.18. The molecule has 0 saturated heterocycles. The van der Waals surface area contributed by atoms with Crippen LogP contribution < -0.4 is 5.32 Å². The molecule has 2 aromatic heterocycles. The van der Waals surface area contributed by atoms with E-state index in [-0.39, 0.29) is 5.91 Å². The van der Waals surface area contributed by atoms with Gasteiger partial charge in [-0.25, -0.2) is 4.79 Å². The highest BCUT2D eigenvalue weighted by atomic mass is 32.1. The summed E-state index contributed by atoms with van der Waals surface area (Å²) >= 11 is 1.54. The van der Waals surface area contributed by atoms with Crippen molar-refractivity contribution < 1.29 is 14.3 Å². The third-order valence-electron chi connectivity index (χ3n) is 3.69. The zero-order valence-corrected chi connectivity index (χ0v) is 15.2. The lowest BCUT2D eigenvalue weighted by Crippen LogP contribution is -2.29. The third kappa shape index (κ3) is 4.11. The molecule has 0 spiro atoms. The quantitative estimate of drug-likeness (QED) is 0.666. The number of nitrogens with zero attached hydrogens (tertiary/aromatic N) is 2. The number of rotatable bonds is 5. The average Bonchev–Trinajstić information content (AvgIpc) is 3.03. The Morgan fingerprint density at radius 2 is 2.08 bits per heavy atom. The number of carbonyl (C=O) groups excluding carboxylic acids is 2. The molecule has 2 aromatic rings. The van der Waals surface area contributed by atoms with Gasteiger partial charge in [-0.05, 0) is 50.8 Å². The largest absolute Gasteiger partial charge is 0.449 e. The molecule has 0 aliphatic carbocycles. The van der Waals surface area contributed by atoms with Gasteiger partial charge in [-0.1, -0.05) is 0 Å². The van der Waals surface area contributed by atoms with Crippen LogP contribution in [0.4, 0.5) is 5.69 Å². The van der Waals surface area contributed by atoms with E-state index in [0.717, 1.165) is 21.8 Å². The number of amides is 1. The standard InChI is InChI=1S/C17H21N3O3S/c1-10-8-9-24-14(10)6-7-15(21)23-13(4)17(22)18-16-11(2)19-20(5)12(16)3/h6-9,13H,1-5H3,(H,18,22)/b7-6+/t13-/m0/s1. The molecule has 2 heterocycles. The van der Waals surface area contributed by atoms with Gasteiger partial charge in [0, 0.05) is 18.0 Å². The van der Waals surface area contributed by atoms with Crippen molar-refractivity contribution in [3.8, 4) is 0 Å². The first-order valence-electron chi connectivity index (χ1n) is 7.53. The van der Waals surface area contributed by atoms with Crippen LogP contribution in [0.5, 0.6) is 0 Å². The van der Waals surface area contributed by atoms with Crippen LogP contribution in [0.2, 0.25) is 0 Å². The van der Waals surface area contributed by atoms with Gasteiger partial charge in [-0.2, -0.15) is 5.10 Å². The van der Waals surface area contributed by atoms with E-state index in [4.69, 9.17) is 4.74 Å². The molecule has 1 N–H and O–H groups in total. The molecule has 0 bridgehead atoms. The van der Waals surface area contributed by atoms with E-state index in [1.165, 1.54) is 6.08 Å². The Labute approximate surface area is 145 Å². The minimum absolute atomic E-state index is 0.386. The molecule has 0 aliphatic rings. The lowest BCUT2D eigenvalue weighted by atomic mass is 10.2. The van der Waals surface area contributed by atoms with Gasteiger partial charge in [-0.15, -0.1) is 11.3 Å². The predicted molar refractivity (Wildman–Crippen MR) is 95.0 cm³/mol. The Bertz CT molecular complexity index is 789. The van der Waals surface area contributed by atoms with Crippen molar-refractivity contribution in [3.63, 3.8) is 0 Å². The van der Waals surface area contributed by atoms with E-state index in [0.29, 0.717) is 5.69 Å². The van der Waals surface area contributed by atoms with Crippen molar-refractivity contribution in [2.24, 2.45) is 7.05 Å². The van der Waals surface area contributed by atoms with Crippen molar-refractivity contribution in [3.05, 3.63) is 39.4 Å². The second-order valence-electron chi connectivity index (χ2n) is 5.54. The fourth-order valence-electron chi connectivity index (χ4n) is 2.15. The maximum absolute atomic E-state index is 12.2. The second kappa shape index (κ2) is 7.44. The van der Waals surface area contributed by atoms with E-state index >= 15 is 0 Å².